The molecule has 4 nitrogen and oxygen atoms in total. The molecule has 1 N–H and O–H groups in total. The summed E-state index contributed by atoms with van der Waals surface area (Å²) in [5.41, 5.74) is 1.87. The first-order valence-electron chi connectivity index (χ1n) is 7.04. The Balaban J connectivity index is 1.98. The third kappa shape index (κ3) is 3.38. The van der Waals surface area contributed by atoms with E-state index in [9.17, 15) is 9.59 Å². The highest BCUT2D eigenvalue weighted by Gasteiger charge is 2.27. The van der Waals surface area contributed by atoms with Crippen molar-refractivity contribution in [3.8, 4) is 5.75 Å². The van der Waals surface area contributed by atoms with Gasteiger partial charge < -0.3 is 9.84 Å². The first-order valence-corrected chi connectivity index (χ1v) is 7.04. The van der Waals surface area contributed by atoms with Gasteiger partial charge in [-0.05, 0) is 43.4 Å². The molecule has 108 valence electrons. The molecule has 1 aromatic rings. The van der Waals surface area contributed by atoms with Crippen LogP contribution < -0.4 is 4.74 Å². The Kier molecular flexibility index (Phi) is 4.77. The third-order valence-electron chi connectivity index (χ3n) is 3.91. The Labute approximate surface area is 118 Å². The van der Waals surface area contributed by atoms with Crippen LogP contribution in [-0.4, -0.2) is 24.0 Å². The molecule has 4 heteroatoms. The maximum absolute atomic E-state index is 12.4. The Morgan fingerprint density at radius 1 is 1.40 bits per heavy atom. The van der Waals surface area contributed by atoms with E-state index in [4.69, 9.17) is 9.84 Å². The molecule has 0 amide bonds. The molecule has 0 radical (unpaired) electrons. The maximum atomic E-state index is 12.4. The molecule has 0 saturated carbocycles. The van der Waals surface area contributed by atoms with Gasteiger partial charge in [0.2, 0.25) is 0 Å². The average Bonchev–Trinajstić information content (AvgIpc) is 2.45. The van der Waals surface area contributed by atoms with Gasteiger partial charge in [0.1, 0.15) is 5.75 Å². The van der Waals surface area contributed by atoms with Crippen LogP contribution in [0.25, 0.3) is 0 Å². The lowest BCUT2D eigenvalue weighted by molar-refractivity contribution is -0.137. The molecule has 0 fully saturated rings. The summed E-state index contributed by atoms with van der Waals surface area (Å²) in [6.07, 6.45) is 4.18. The number of hydrogen-bond acceptors (Lipinski definition) is 3. The highest BCUT2D eigenvalue weighted by atomic mass is 16.5. The molecule has 0 heterocycles. The standard InChI is InChI=1S/C16H20O4/c1-20-13-9-8-11-6-7-12(16(19)14(11)10-13)4-2-3-5-15(17)18/h8-10,12H,2-7H2,1H3,(H,17,18). The van der Waals surface area contributed by atoms with Crippen molar-refractivity contribution in [1.82, 2.24) is 0 Å². The summed E-state index contributed by atoms with van der Waals surface area (Å²) in [5.74, 6) is 0.155. The second kappa shape index (κ2) is 6.55. The van der Waals surface area contributed by atoms with E-state index in [1.54, 1.807) is 7.11 Å². The number of hydrogen-bond donors (Lipinski definition) is 1. The van der Waals surface area contributed by atoms with Crippen LogP contribution in [-0.2, 0) is 11.2 Å². The van der Waals surface area contributed by atoms with Crippen LogP contribution in [0.4, 0.5) is 0 Å². The highest BCUT2D eigenvalue weighted by molar-refractivity contribution is 6.00. The fraction of sp³-hybridized carbons (Fsp3) is 0.500. The van der Waals surface area contributed by atoms with Crippen LogP contribution in [0.1, 0.15) is 48.0 Å². The number of methoxy groups -OCH3 is 1. The minimum Gasteiger partial charge on any atom is -0.497 e. The van der Waals surface area contributed by atoms with Crippen molar-refractivity contribution >= 4 is 11.8 Å². The number of fused-ring (bicyclic) bond motifs is 1. The molecule has 2 rings (SSSR count). The fourth-order valence-electron chi connectivity index (χ4n) is 2.75. The van der Waals surface area contributed by atoms with Crippen LogP contribution in [0, 0.1) is 5.92 Å². The number of ketones is 1. The lowest BCUT2D eigenvalue weighted by Crippen LogP contribution is -2.22. The fourth-order valence-corrected chi connectivity index (χ4v) is 2.75. The van der Waals surface area contributed by atoms with Crippen molar-refractivity contribution in [2.24, 2.45) is 5.92 Å². The number of rotatable bonds is 6. The Morgan fingerprint density at radius 3 is 2.90 bits per heavy atom. The molecule has 1 aliphatic carbocycles. The lowest BCUT2D eigenvalue weighted by Gasteiger charge is -2.23. The molecular formula is C16H20O4. The van der Waals surface area contributed by atoms with Crippen LogP contribution in [0.15, 0.2) is 18.2 Å². The lowest BCUT2D eigenvalue weighted by atomic mass is 9.80. The number of Topliss-reactive ketones (excluding diaryl/α,β-unsaturated/α-hetero) is 1. The SMILES string of the molecule is COc1ccc2c(c1)C(=O)C(CCCCC(=O)O)CC2. The molecule has 1 aliphatic rings. The van der Waals surface area contributed by atoms with Crippen molar-refractivity contribution in [3.05, 3.63) is 29.3 Å². The van der Waals surface area contributed by atoms with Gasteiger partial charge in [0, 0.05) is 17.9 Å². The van der Waals surface area contributed by atoms with Gasteiger partial charge in [-0.1, -0.05) is 12.5 Å². The smallest absolute Gasteiger partial charge is 0.303 e. The van der Waals surface area contributed by atoms with Gasteiger partial charge in [-0.3, -0.25) is 9.59 Å². The Bertz CT molecular complexity index is 507. The largest absolute Gasteiger partial charge is 0.497 e. The molecule has 0 spiro atoms. The predicted molar refractivity (Wildman–Crippen MR) is 75.2 cm³/mol. The van der Waals surface area contributed by atoms with E-state index in [0.717, 1.165) is 36.8 Å². The van der Waals surface area contributed by atoms with Gasteiger partial charge in [0.15, 0.2) is 5.78 Å². The summed E-state index contributed by atoms with van der Waals surface area (Å²) < 4.78 is 5.17. The quantitative estimate of drug-likeness (QED) is 0.811. The first kappa shape index (κ1) is 14.6. The minimum absolute atomic E-state index is 0.0309. The molecule has 0 saturated heterocycles. The zero-order valence-corrected chi connectivity index (χ0v) is 11.7. The highest BCUT2D eigenvalue weighted by Crippen LogP contribution is 2.31. The van der Waals surface area contributed by atoms with E-state index in [1.807, 2.05) is 18.2 Å². The van der Waals surface area contributed by atoms with E-state index in [-0.39, 0.29) is 18.1 Å². The first-order chi connectivity index (χ1) is 9.61. The van der Waals surface area contributed by atoms with Gasteiger partial charge in [0.05, 0.1) is 7.11 Å². The summed E-state index contributed by atoms with van der Waals surface area (Å²) in [5, 5.41) is 8.61. The van der Waals surface area contributed by atoms with E-state index >= 15 is 0 Å². The Hall–Kier alpha value is -1.84. The Morgan fingerprint density at radius 2 is 2.20 bits per heavy atom. The van der Waals surface area contributed by atoms with E-state index in [2.05, 4.69) is 0 Å². The number of aliphatic carboxylic acids is 1. The second-order valence-corrected chi connectivity index (χ2v) is 5.26. The number of benzene rings is 1. The summed E-state index contributed by atoms with van der Waals surface area (Å²) in [7, 11) is 1.60. The molecule has 0 aromatic heterocycles. The van der Waals surface area contributed by atoms with Crippen molar-refractivity contribution in [2.45, 2.75) is 38.5 Å². The maximum Gasteiger partial charge on any atom is 0.303 e. The zero-order valence-electron chi connectivity index (χ0n) is 11.7. The number of carboxylic acid groups (broad SMARTS) is 1. The van der Waals surface area contributed by atoms with Crippen LogP contribution in [0.5, 0.6) is 5.75 Å². The topological polar surface area (TPSA) is 63.6 Å². The van der Waals surface area contributed by atoms with E-state index in [0.29, 0.717) is 12.2 Å². The number of ether oxygens (including phenoxy) is 1. The summed E-state index contributed by atoms with van der Waals surface area (Å²) in [4.78, 5) is 22.9. The number of carbonyl (C=O) groups is 2. The van der Waals surface area contributed by atoms with Gasteiger partial charge in [-0.15, -0.1) is 0 Å². The number of carbonyl (C=O) groups excluding carboxylic acids is 1. The number of carboxylic acids is 1. The van der Waals surface area contributed by atoms with Crippen molar-refractivity contribution < 1.29 is 19.4 Å². The van der Waals surface area contributed by atoms with Crippen LogP contribution in [0.3, 0.4) is 0 Å². The molecule has 0 bridgehead atoms. The summed E-state index contributed by atoms with van der Waals surface area (Å²) >= 11 is 0. The van der Waals surface area contributed by atoms with E-state index in [1.165, 1.54) is 0 Å². The van der Waals surface area contributed by atoms with Crippen molar-refractivity contribution in [3.63, 3.8) is 0 Å². The zero-order chi connectivity index (χ0) is 14.5. The van der Waals surface area contributed by atoms with Crippen LogP contribution >= 0.6 is 0 Å². The summed E-state index contributed by atoms with van der Waals surface area (Å²) in [6, 6.07) is 5.67. The third-order valence-corrected chi connectivity index (χ3v) is 3.91. The minimum atomic E-state index is -0.768. The normalized spacial score (nSPS) is 17.6. The van der Waals surface area contributed by atoms with Gasteiger partial charge >= 0.3 is 5.97 Å². The van der Waals surface area contributed by atoms with Crippen molar-refractivity contribution in [2.75, 3.05) is 7.11 Å². The molecule has 0 aliphatic heterocycles. The monoisotopic (exact) mass is 276 g/mol. The molecule has 20 heavy (non-hydrogen) atoms. The average molecular weight is 276 g/mol. The van der Waals surface area contributed by atoms with Crippen molar-refractivity contribution in [1.29, 1.82) is 0 Å². The second-order valence-electron chi connectivity index (χ2n) is 5.26. The van der Waals surface area contributed by atoms with Gasteiger partial charge in [-0.25, -0.2) is 0 Å². The van der Waals surface area contributed by atoms with E-state index < -0.39 is 5.97 Å². The van der Waals surface area contributed by atoms with Gasteiger partial charge in [0.25, 0.3) is 0 Å². The number of unbranched alkanes of at least 4 members (excludes halogenated alkanes) is 1. The van der Waals surface area contributed by atoms with Crippen LogP contribution in [0.2, 0.25) is 0 Å². The predicted octanol–water partition coefficient (Wildman–Crippen LogP) is 3.09. The summed E-state index contributed by atoms with van der Waals surface area (Å²) in [6.45, 7) is 0. The molecular weight excluding hydrogens is 256 g/mol. The molecule has 1 aromatic carbocycles. The molecule has 1 atom stereocenters. The number of aryl methyl sites for hydroxylation is 1. The van der Waals surface area contributed by atoms with Gasteiger partial charge in [-0.2, -0.15) is 0 Å². The molecule has 1 unspecified atom stereocenters.